The van der Waals surface area contributed by atoms with Crippen LogP contribution in [0.15, 0.2) is 29.4 Å². The third-order valence-corrected chi connectivity index (χ3v) is 4.83. The number of hydrogen-bond acceptors (Lipinski definition) is 5. The van der Waals surface area contributed by atoms with Crippen molar-refractivity contribution in [3.05, 3.63) is 24.3 Å². The summed E-state index contributed by atoms with van der Waals surface area (Å²) in [4.78, 5) is 9.50. The highest BCUT2D eigenvalue weighted by Crippen LogP contribution is 2.22. The number of fused-ring (bicyclic) bond motifs is 3. The molecule has 114 valence electrons. The van der Waals surface area contributed by atoms with Gasteiger partial charge in [0, 0.05) is 10.9 Å². The molecule has 2 aromatic heterocycles. The number of ether oxygens (including phenoxy) is 1. The molecule has 0 amide bonds. The van der Waals surface area contributed by atoms with Gasteiger partial charge in [-0.1, -0.05) is 30.0 Å². The summed E-state index contributed by atoms with van der Waals surface area (Å²) in [6.07, 6.45) is 0. The van der Waals surface area contributed by atoms with Gasteiger partial charge in [-0.3, -0.25) is 0 Å². The molecule has 7 heteroatoms. The summed E-state index contributed by atoms with van der Waals surface area (Å²) in [5, 5.41) is 10.4. The quantitative estimate of drug-likeness (QED) is 0.687. The number of aromatic nitrogens is 4. The van der Waals surface area contributed by atoms with Crippen LogP contribution in [0.5, 0.6) is 0 Å². The molecule has 0 radical (unpaired) electrons. The van der Waals surface area contributed by atoms with Crippen LogP contribution in [0.2, 0.25) is 0 Å². The Labute approximate surface area is 132 Å². The number of H-pyrrole nitrogens is 1. The smallest absolute Gasteiger partial charge is 0.211 e. The van der Waals surface area contributed by atoms with Crippen molar-refractivity contribution >= 4 is 33.8 Å². The molecule has 0 bridgehead atoms. The van der Waals surface area contributed by atoms with Crippen LogP contribution in [0.25, 0.3) is 22.1 Å². The first-order chi connectivity index (χ1) is 10.9. The van der Waals surface area contributed by atoms with Gasteiger partial charge < -0.3 is 14.6 Å². The first kappa shape index (κ1) is 13.9. The predicted octanol–water partition coefficient (Wildman–Crippen LogP) is 0.513. The van der Waals surface area contributed by atoms with Gasteiger partial charge in [-0.05, 0) is 6.07 Å². The molecule has 3 heterocycles. The maximum absolute atomic E-state index is 5.37. The number of aromatic amines is 1. The lowest BCUT2D eigenvalue weighted by Gasteiger charge is -2.23. The van der Waals surface area contributed by atoms with Gasteiger partial charge in [-0.15, -0.1) is 10.2 Å². The lowest BCUT2D eigenvalue weighted by Crippen LogP contribution is -3.14. The summed E-state index contributed by atoms with van der Waals surface area (Å²) in [6.45, 7) is 5.06. The van der Waals surface area contributed by atoms with Gasteiger partial charge in [0.15, 0.2) is 5.65 Å². The van der Waals surface area contributed by atoms with Gasteiger partial charge in [0.1, 0.15) is 18.6 Å². The molecule has 0 aliphatic carbocycles. The molecule has 0 saturated carbocycles. The minimum atomic E-state index is 0.742. The average Bonchev–Trinajstić information content (AvgIpc) is 2.93. The molecule has 1 aromatic carbocycles. The fourth-order valence-corrected chi connectivity index (χ4v) is 3.59. The van der Waals surface area contributed by atoms with Gasteiger partial charge in [0.2, 0.25) is 5.16 Å². The summed E-state index contributed by atoms with van der Waals surface area (Å²) in [7, 11) is 0. The van der Waals surface area contributed by atoms with Gasteiger partial charge in [0.25, 0.3) is 0 Å². The first-order valence-corrected chi connectivity index (χ1v) is 8.54. The maximum Gasteiger partial charge on any atom is 0.211 e. The van der Waals surface area contributed by atoms with E-state index in [1.165, 1.54) is 0 Å². The standard InChI is InChI=1S/C15H17N5OS/c1-2-4-12-11(3-1)13-14(16-12)17-15(19-18-13)22-10-7-20-5-8-21-9-6-20/h1-4H,5-10H2,(H,16,17,19)/p+1. The van der Waals surface area contributed by atoms with Crippen LogP contribution in [-0.4, -0.2) is 58.8 Å². The van der Waals surface area contributed by atoms with Crippen LogP contribution in [0.1, 0.15) is 0 Å². The Kier molecular flexibility index (Phi) is 3.92. The van der Waals surface area contributed by atoms with E-state index in [2.05, 4.69) is 20.2 Å². The van der Waals surface area contributed by atoms with E-state index in [9.17, 15) is 0 Å². The highest BCUT2D eigenvalue weighted by molar-refractivity contribution is 7.99. The number of thioether (sulfide) groups is 1. The fourth-order valence-electron chi connectivity index (χ4n) is 2.76. The highest BCUT2D eigenvalue weighted by atomic mass is 32.2. The zero-order chi connectivity index (χ0) is 14.8. The van der Waals surface area contributed by atoms with E-state index in [1.807, 2.05) is 24.3 Å². The van der Waals surface area contributed by atoms with Gasteiger partial charge in [-0.2, -0.15) is 0 Å². The largest absolute Gasteiger partial charge is 0.370 e. The summed E-state index contributed by atoms with van der Waals surface area (Å²) >= 11 is 1.67. The second-order valence-electron chi connectivity index (χ2n) is 5.42. The van der Waals surface area contributed by atoms with Crippen LogP contribution >= 0.6 is 11.8 Å². The minimum absolute atomic E-state index is 0.742. The summed E-state index contributed by atoms with van der Waals surface area (Å²) < 4.78 is 5.37. The van der Waals surface area contributed by atoms with E-state index in [0.717, 1.165) is 65.8 Å². The predicted molar refractivity (Wildman–Crippen MR) is 86.3 cm³/mol. The van der Waals surface area contributed by atoms with Crippen LogP contribution < -0.4 is 4.90 Å². The van der Waals surface area contributed by atoms with Crippen molar-refractivity contribution in [2.75, 3.05) is 38.6 Å². The van der Waals surface area contributed by atoms with Crippen LogP contribution in [0, 0.1) is 0 Å². The molecule has 3 aromatic rings. The molecule has 1 saturated heterocycles. The van der Waals surface area contributed by atoms with Crippen LogP contribution in [0.4, 0.5) is 0 Å². The van der Waals surface area contributed by atoms with E-state index in [1.54, 1.807) is 16.7 Å². The number of morpholine rings is 1. The van der Waals surface area contributed by atoms with E-state index in [4.69, 9.17) is 4.74 Å². The summed E-state index contributed by atoms with van der Waals surface area (Å²) in [6, 6.07) is 8.09. The van der Waals surface area contributed by atoms with E-state index in [-0.39, 0.29) is 0 Å². The fraction of sp³-hybridized carbons (Fsp3) is 0.400. The maximum atomic E-state index is 5.37. The minimum Gasteiger partial charge on any atom is -0.370 e. The van der Waals surface area contributed by atoms with Gasteiger partial charge in [-0.25, -0.2) is 4.98 Å². The summed E-state index contributed by atoms with van der Waals surface area (Å²) in [5.41, 5.74) is 2.72. The molecule has 1 aliphatic heterocycles. The van der Waals surface area contributed by atoms with Crippen LogP contribution in [-0.2, 0) is 4.74 Å². The molecule has 1 fully saturated rings. The van der Waals surface area contributed by atoms with Gasteiger partial charge >= 0.3 is 0 Å². The zero-order valence-electron chi connectivity index (χ0n) is 12.2. The molecule has 0 atom stereocenters. The number of quaternary nitrogens is 1. The van der Waals surface area contributed by atoms with Crippen molar-refractivity contribution in [3.63, 3.8) is 0 Å². The molecule has 4 rings (SSSR count). The number of rotatable bonds is 4. The lowest BCUT2D eigenvalue weighted by atomic mass is 10.2. The second kappa shape index (κ2) is 6.20. The number of para-hydroxylation sites is 1. The van der Waals surface area contributed by atoms with E-state index >= 15 is 0 Å². The van der Waals surface area contributed by atoms with Crippen LogP contribution in [0.3, 0.4) is 0 Å². The van der Waals surface area contributed by atoms with Crippen molar-refractivity contribution in [2.45, 2.75) is 5.16 Å². The van der Waals surface area contributed by atoms with Crippen molar-refractivity contribution in [2.24, 2.45) is 0 Å². The Bertz CT molecular complexity index is 784. The van der Waals surface area contributed by atoms with E-state index in [0.29, 0.717) is 0 Å². The Morgan fingerprint density at radius 3 is 2.95 bits per heavy atom. The molecular weight excluding hydrogens is 298 g/mol. The number of nitrogens with zero attached hydrogens (tertiary/aromatic N) is 3. The second-order valence-corrected chi connectivity index (χ2v) is 6.49. The molecule has 22 heavy (non-hydrogen) atoms. The number of nitrogens with one attached hydrogen (secondary N) is 2. The normalized spacial score (nSPS) is 16.5. The first-order valence-electron chi connectivity index (χ1n) is 7.55. The molecule has 0 spiro atoms. The zero-order valence-corrected chi connectivity index (χ0v) is 13.0. The van der Waals surface area contributed by atoms with Crippen molar-refractivity contribution < 1.29 is 9.64 Å². The lowest BCUT2D eigenvalue weighted by molar-refractivity contribution is -0.905. The highest BCUT2D eigenvalue weighted by Gasteiger charge is 2.14. The Morgan fingerprint density at radius 1 is 1.18 bits per heavy atom. The third kappa shape index (κ3) is 2.79. The molecule has 2 N–H and O–H groups in total. The Hall–Kier alpha value is -1.70. The SMILES string of the molecule is c1ccc2c(c1)[nH]c1nc(SCC[NH+]3CCOCC3)nnc12. The molecular formula is C15H18N5OS+. The van der Waals surface area contributed by atoms with Crippen molar-refractivity contribution in [1.29, 1.82) is 0 Å². The Morgan fingerprint density at radius 2 is 2.05 bits per heavy atom. The van der Waals surface area contributed by atoms with Gasteiger partial charge in [0.05, 0.1) is 25.5 Å². The van der Waals surface area contributed by atoms with E-state index < -0.39 is 0 Å². The Balaban J connectivity index is 1.46. The molecule has 0 unspecified atom stereocenters. The summed E-state index contributed by atoms with van der Waals surface area (Å²) in [5.74, 6) is 1.00. The molecule has 1 aliphatic rings. The number of hydrogen-bond donors (Lipinski definition) is 2. The molecule has 6 nitrogen and oxygen atoms in total. The topological polar surface area (TPSA) is 68.1 Å². The average molecular weight is 316 g/mol. The number of benzene rings is 1. The third-order valence-electron chi connectivity index (χ3n) is 3.99. The van der Waals surface area contributed by atoms with Crippen molar-refractivity contribution in [3.8, 4) is 0 Å². The monoisotopic (exact) mass is 316 g/mol. The van der Waals surface area contributed by atoms with Crippen molar-refractivity contribution in [1.82, 2.24) is 20.2 Å².